The van der Waals surface area contributed by atoms with E-state index >= 15 is 0 Å². The number of guanidine groups is 1. The molecule has 152 valence electrons. The minimum atomic E-state index is -0.435. The Hall–Kier alpha value is -0.730. The average Bonchev–Trinajstić information content (AvgIpc) is 2.83. The van der Waals surface area contributed by atoms with Crippen LogP contribution >= 0.6 is 24.0 Å². The van der Waals surface area contributed by atoms with Crippen molar-refractivity contribution < 1.29 is 9.53 Å². The molecule has 0 spiro atoms. The molecule has 1 atom stereocenters. The number of piperidine rings is 1. The van der Waals surface area contributed by atoms with Crippen LogP contribution in [0.2, 0.25) is 0 Å². The summed E-state index contributed by atoms with van der Waals surface area (Å²) in [5.41, 5.74) is 5.74. The highest BCUT2D eigenvalue weighted by Crippen LogP contribution is 2.21. The lowest BCUT2D eigenvalue weighted by atomic mass is 9.95. The van der Waals surface area contributed by atoms with E-state index in [0.29, 0.717) is 11.9 Å². The van der Waals surface area contributed by atoms with Gasteiger partial charge in [0, 0.05) is 32.7 Å². The lowest BCUT2D eigenvalue weighted by Crippen LogP contribution is -2.43. The maximum atomic E-state index is 12.2. The predicted molar refractivity (Wildman–Crippen MR) is 117 cm³/mol. The van der Waals surface area contributed by atoms with Crippen molar-refractivity contribution in [2.24, 2.45) is 16.6 Å². The van der Waals surface area contributed by atoms with Gasteiger partial charge in [-0.1, -0.05) is 12.8 Å². The van der Waals surface area contributed by atoms with Crippen molar-refractivity contribution in [2.75, 3.05) is 32.7 Å². The van der Waals surface area contributed by atoms with Gasteiger partial charge in [-0.25, -0.2) is 4.79 Å². The highest BCUT2D eigenvalue weighted by atomic mass is 127. The molecule has 0 aromatic heterocycles. The molecule has 2 saturated heterocycles. The van der Waals surface area contributed by atoms with Gasteiger partial charge in [0.1, 0.15) is 5.60 Å². The molecule has 2 rings (SSSR count). The number of hydrogen-bond acceptors (Lipinski definition) is 3. The van der Waals surface area contributed by atoms with E-state index < -0.39 is 5.60 Å². The number of nitrogens with two attached hydrogens (primary N) is 1. The molecule has 2 N–H and O–H groups in total. The lowest BCUT2D eigenvalue weighted by Gasteiger charge is -2.34. The average molecular weight is 480 g/mol. The Morgan fingerprint density at radius 1 is 1.08 bits per heavy atom. The Labute approximate surface area is 175 Å². The van der Waals surface area contributed by atoms with E-state index in [0.717, 1.165) is 52.0 Å². The summed E-state index contributed by atoms with van der Waals surface area (Å²) in [7, 11) is 0. The second-order valence-electron chi connectivity index (χ2n) is 8.36. The zero-order chi connectivity index (χ0) is 18.3. The molecule has 0 radical (unpaired) electrons. The van der Waals surface area contributed by atoms with Crippen LogP contribution in [-0.2, 0) is 4.74 Å². The Morgan fingerprint density at radius 2 is 1.69 bits per heavy atom. The normalized spacial score (nSPS) is 22.4. The van der Waals surface area contributed by atoms with Crippen molar-refractivity contribution in [3.8, 4) is 0 Å². The third kappa shape index (κ3) is 8.31. The number of halogens is 1. The first-order chi connectivity index (χ1) is 11.8. The van der Waals surface area contributed by atoms with Crippen LogP contribution in [-0.4, -0.2) is 60.2 Å². The summed E-state index contributed by atoms with van der Waals surface area (Å²) in [5, 5.41) is 0. The van der Waals surface area contributed by atoms with Gasteiger partial charge in [-0.15, -0.1) is 24.0 Å². The van der Waals surface area contributed by atoms with Crippen LogP contribution in [0.15, 0.2) is 4.99 Å². The summed E-state index contributed by atoms with van der Waals surface area (Å²) in [6.07, 6.45) is 8.00. The van der Waals surface area contributed by atoms with Gasteiger partial charge in [0.2, 0.25) is 0 Å². The number of nitrogens with zero attached hydrogens (tertiary/aromatic N) is 3. The highest BCUT2D eigenvalue weighted by Gasteiger charge is 2.27. The molecule has 6 nitrogen and oxygen atoms in total. The van der Waals surface area contributed by atoms with Crippen molar-refractivity contribution >= 4 is 36.0 Å². The third-order valence-corrected chi connectivity index (χ3v) is 4.91. The van der Waals surface area contributed by atoms with E-state index in [1.54, 1.807) is 0 Å². The predicted octanol–water partition coefficient (Wildman–Crippen LogP) is 3.83. The first-order valence-corrected chi connectivity index (χ1v) is 9.88. The van der Waals surface area contributed by atoms with Crippen LogP contribution in [0.1, 0.15) is 65.7 Å². The molecule has 1 unspecified atom stereocenters. The molecule has 1 amide bonds. The summed E-state index contributed by atoms with van der Waals surface area (Å²) >= 11 is 0. The van der Waals surface area contributed by atoms with Gasteiger partial charge in [0.05, 0.1) is 0 Å². The molecule has 2 heterocycles. The van der Waals surface area contributed by atoms with Gasteiger partial charge >= 0.3 is 6.09 Å². The third-order valence-electron chi connectivity index (χ3n) is 4.91. The summed E-state index contributed by atoms with van der Waals surface area (Å²) in [5.74, 6) is 1.18. The maximum Gasteiger partial charge on any atom is 0.410 e. The summed E-state index contributed by atoms with van der Waals surface area (Å²) in [6.45, 7) is 10.1. The summed E-state index contributed by atoms with van der Waals surface area (Å²) in [4.78, 5) is 20.9. The zero-order valence-electron chi connectivity index (χ0n) is 16.7. The molecular formula is C19H37IN4O2. The number of aliphatic imine (C=N–C) groups is 1. The number of carbonyl (C=O) groups is 1. The minimum absolute atomic E-state index is 0. The Bertz CT molecular complexity index is 457. The van der Waals surface area contributed by atoms with Crippen LogP contribution in [0.25, 0.3) is 0 Å². The zero-order valence-corrected chi connectivity index (χ0v) is 19.0. The van der Waals surface area contributed by atoms with E-state index in [9.17, 15) is 4.79 Å². The van der Waals surface area contributed by atoms with Gasteiger partial charge in [0.25, 0.3) is 0 Å². The van der Waals surface area contributed by atoms with Crippen molar-refractivity contribution in [1.29, 1.82) is 0 Å². The molecule has 0 bridgehead atoms. The number of likely N-dealkylation sites (tertiary alicyclic amines) is 2. The summed E-state index contributed by atoms with van der Waals surface area (Å²) in [6, 6.07) is 0. The molecule has 26 heavy (non-hydrogen) atoms. The van der Waals surface area contributed by atoms with Gasteiger partial charge in [-0.3, -0.25) is 4.99 Å². The number of carbonyl (C=O) groups excluding carboxylic acids is 1. The minimum Gasteiger partial charge on any atom is -0.444 e. The van der Waals surface area contributed by atoms with Crippen molar-refractivity contribution in [1.82, 2.24) is 9.80 Å². The molecular weight excluding hydrogens is 443 g/mol. The van der Waals surface area contributed by atoms with Crippen LogP contribution < -0.4 is 5.73 Å². The molecule has 0 saturated carbocycles. The Balaban J connectivity index is 0.00000338. The fraction of sp³-hybridized carbons (Fsp3) is 0.895. The van der Waals surface area contributed by atoms with Crippen molar-refractivity contribution in [3.63, 3.8) is 0 Å². The van der Waals surface area contributed by atoms with Crippen LogP contribution in [0.5, 0.6) is 0 Å². The Kier molecular flexibility index (Phi) is 10.0. The van der Waals surface area contributed by atoms with Crippen molar-refractivity contribution in [2.45, 2.75) is 71.3 Å². The van der Waals surface area contributed by atoms with E-state index in [-0.39, 0.29) is 30.1 Å². The topological polar surface area (TPSA) is 71.2 Å². The van der Waals surface area contributed by atoms with E-state index in [4.69, 9.17) is 10.5 Å². The standard InChI is InChI=1S/C19H36N4O2.HI/c1-19(2,3)25-18(24)23-14-8-9-16(15-23)10-11-21-17(20)22-12-6-4-5-7-13-22;/h16H,4-15H2,1-3H3,(H2,20,21);1H. The monoisotopic (exact) mass is 480 g/mol. The van der Waals surface area contributed by atoms with Gasteiger partial charge in [0.15, 0.2) is 5.96 Å². The van der Waals surface area contributed by atoms with E-state index in [1.165, 1.54) is 25.7 Å². The fourth-order valence-corrected chi connectivity index (χ4v) is 3.55. The number of ether oxygens (including phenoxy) is 1. The summed E-state index contributed by atoms with van der Waals surface area (Å²) < 4.78 is 5.49. The second-order valence-corrected chi connectivity index (χ2v) is 8.36. The molecule has 2 aliphatic heterocycles. The smallest absolute Gasteiger partial charge is 0.410 e. The van der Waals surface area contributed by atoms with Crippen LogP contribution in [0, 0.1) is 5.92 Å². The second kappa shape index (κ2) is 11.2. The first-order valence-electron chi connectivity index (χ1n) is 9.88. The Morgan fingerprint density at radius 3 is 2.31 bits per heavy atom. The van der Waals surface area contributed by atoms with Gasteiger partial charge in [-0.2, -0.15) is 0 Å². The molecule has 2 fully saturated rings. The van der Waals surface area contributed by atoms with Gasteiger partial charge < -0.3 is 20.3 Å². The largest absolute Gasteiger partial charge is 0.444 e. The first kappa shape index (κ1) is 23.3. The highest BCUT2D eigenvalue weighted by molar-refractivity contribution is 14.0. The van der Waals surface area contributed by atoms with Crippen LogP contribution in [0.3, 0.4) is 0 Å². The maximum absolute atomic E-state index is 12.2. The number of amides is 1. The van der Waals surface area contributed by atoms with E-state index in [2.05, 4.69) is 9.89 Å². The fourth-order valence-electron chi connectivity index (χ4n) is 3.55. The number of rotatable bonds is 3. The molecule has 0 aromatic rings. The number of hydrogen-bond donors (Lipinski definition) is 1. The van der Waals surface area contributed by atoms with Gasteiger partial charge in [-0.05, 0) is 58.8 Å². The SMILES string of the molecule is CC(C)(C)OC(=O)N1CCCC(CCN=C(N)N2CCCCCC2)C1.I. The van der Waals surface area contributed by atoms with Crippen molar-refractivity contribution in [3.05, 3.63) is 0 Å². The molecule has 0 aliphatic carbocycles. The molecule has 2 aliphatic rings. The quantitative estimate of drug-likeness (QED) is 0.379. The lowest BCUT2D eigenvalue weighted by molar-refractivity contribution is 0.0163. The van der Waals surface area contributed by atoms with Crippen LogP contribution in [0.4, 0.5) is 4.79 Å². The molecule has 7 heteroatoms. The molecule has 0 aromatic carbocycles. The van der Waals surface area contributed by atoms with E-state index in [1.807, 2.05) is 25.7 Å².